The molecule has 0 amide bonds. The molecule has 1 aliphatic rings. The first-order chi connectivity index (χ1) is 13.2. The van der Waals surface area contributed by atoms with Gasteiger partial charge in [0.1, 0.15) is 12.1 Å². The lowest BCUT2D eigenvalue weighted by atomic mass is 10.3. The minimum Gasteiger partial charge on any atom is -0.497 e. The number of anilines is 2. The number of thiazole rings is 1. The first-order valence-corrected chi connectivity index (χ1v) is 9.95. The number of halogens is 1. The van der Waals surface area contributed by atoms with E-state index in [1.807, 2.05) is 30.0 Å². The number of fused-ring (bicyclic) bond motifs is 1. The molecule has 27 heavy (non-hydrogen) atoms. The quantitative estimate of drug-likeness (QED) is 0.683. The smallest absolute Gasteiger partial charge is 0.187 e. The van der Waals surface area contributed by atoms with Gasteiger partial charge in [-0.2, -0.15) is 0 Å². The zero-order valence-corrected chi connectivity index (χ0v) is 16.3. The van der Waals surface area contributed by atoms with Gasteiger partial charge in [0, 0.05) is 32.2 Å². The molecule has 0 saturated carbocycles. The van der Waals surface area contributed by atoms with E-state index in [2.05, 4.69) is 14.9 Å². The van der Waals surface area contributed by atoms with Gasteiger partial charge in [-0.1, -0.05) is 18.3 Å². The number of nitrogens with zero attached hydrogens (tertiary/aromatic N) is 5. The zero-order chi connectivity index (χ0) is 18.8. The van der Waals surface area contributed by atoms with E-state index in [0.29, 0.717) is 24.5 Å². The van der Waals surface area contributed by atoms with Crippen LogP contribution in [0.5, 0.6) is 5.75 Å². The largest absolute Gasteiger partial charge is 0.497 e. The second kappa shape index (κ2) is 7.64. The van der Waals surface area contributed by atoms with Gasteiger partial charge >= 0.3 is 0 Å². The molecule has 2 aromatic heterocycles. The average Bonchev–Trinajstić information content (AvgIpc) is 2.96. The number of aryl methyl sites for hydroxylation is 1. The Bertz CT molecular complexity index is 947. The molecular formula is C19H22FN5OS. The normalized spacial score (nSPS) is 15.2. The van der Waals surface area contributed by atoms with Crippen molar-refractivity contribution in [2.24, 2.45) is 0 Å². The zero-order valence-electron chi connectivity index (χ0n) is 15.5. The number of benzene rings is 1. The Morgan fingerprint density at radius 2 is 1.96 bits per heavy atom. The van der Waals surface area contributed by atoms with Crippen LogP contribution in [0.2, 0.25) is 0 Å². The lowest BCUT2D eigenvalue weighted by molar-refractivity contribution is 0.415. The monoisotopic (exact) mass is 387 g/mol. The molecule has 3 heterocycles. The van der Waals surface area contributed by atoms with Crippen molar-refractivity contribution in [3.63, 3.8) is 0 Å². The fraction of sp³-hybridized carbons (Fsp3) is 0.421. The molecule has 142 valence electrons. The number of methoxy groups -OCH3 is 1. The van der Waals surface area contributed by atoms with E-state index >= 15 is 0 Å². The van der Waals surface area contributed by atoms with E-state index in [-0.39, 0.29) is 5.82 Å². The fourth-order valence-corrected chi connectivity index (χ4v) is 4.34. The third-order valence-electron chi connectivity index (χ3n) is 4.83. The lowest BCUT2D eigenvalue weighted by Crippen LogP contribution is -2.32. The van der Waals surface area contributed by atoms with E-state index in [4.69, 9.17) is 9.72 Å². The van der Waals surface area contributed by atoms with Gasteiger partial charge < -0.3 is 14.5 Å². The summed E-state index contributed by atoms with van der Waals surface area (Å²) < 4.78 is 21.0. The Labute approximate surface area is 161 Å². The van der Waals surface area contributed by atoms with Crippen molar-refractivity contribution in [1.82, 2.24) is 15.0 Å². The predicted molar refractivity (Wildman–Crippen MR) is 107 cm³/mol. The number of ether oxygens (including phenoxy) is 1. The van der Waals surface area contributed by atoms with E-state index in [1.54, 1.807) is 18.4 Å². The lowest BCUT2D eigenvalue weighted by Gasteiger charge is -2.23. The van der Waals surface area contributed by atoms with Crippen LogP contribution in [0.15, 0.2) is 24.5 Å². The molecule has 8 heteroatoms. The van der Waals surface area contributed by atoms with Gasteiger partial charge in [-0.05, 0) is 25.0 Å². The predicted octanol–water partition coefficient (Wildman–Crippen LogP) is 3.51. The molecule has 4 rings (SSSR count). The number of rotatable bonds is 4. The molecule has 1 fully saturated rings. The molecule has 0 spiro atoms. The van der Waals surface area contributed by atoms with Gasteiger partial charge in [-0.3, -0.25) is 0 Å². The van der Waals surface area contributed by atoms with E-state index in [0.717, 1.165) is 47.2 Å². The highest BCUT2D eigenvalue weighted by atomic mass is 32.1. The van der Waals surface area contributed by atoms with Gasteiger partial charge in [0.2, 0.25) is 0 Å². The van der Waals surface area contributed by atoms with Crippen LogP contribution in [0, 0.1) is 5.82 Å². The van der Waals surface area contributed by atoms with E-state index < -0.39 is 0 Å². The maximum absolute atomic E-state index is 14.6. The van der Waals surface area contributed by atoms with Crippen molar-refractivity contribution in [1.29, 1.82) is 0 Å². The average molecular weight is 387 g/mol. The summed E-state index contributed by atoms with van der Waals surface area (Å²) in [5.74, 6) is 0.936. The molecule has 3 aromatic rings. The van der Waals surface area contributed by atoms with Crippen molar-refractivity contribution >= 4 is 32.5 Å². The van der Waals surface area contributed by atoms with Crippen molar-refractivity contribution in [3.05, 3.63) is 36.0 Å². The number of hydrogen-bond acceptors (Lipinski definition) is 7. The minimum atomic E-state index is -0.291. The Kier molecular flexibility index (Phi) is 5.07. The summed E-state index contributed by atoms with van der Waals surface area (Å²) in [6, 6.07) is 5.96. The Morgan fingerprint density at radius 1 is 1.15 bits per heavy atom. The summed E-state index contributed by atoms with van der Waals surface area (Å²) >= 11 is 1.68. The summed E-state index contributed by atoms with van der Waals surface area (Å²) in [4.78, 5) is 17.3. The highest BCUT2D eigenvalue weighted by Crippen LogP contribution is 2.32. The Balaban J connectivity index is 1.53. The molecule has 0 N–H and O–H groups in total. The molecular weight excluding hydrogens is 365 g/mol. The van der Waals surface area contributed by atoms with E-state index in [1.165, 1.54) is 6.33 Å². The molecule has 0 unspecified atom stereocenters. The van der Waals surface area contributed by atoms with Crippen LogP contribution in [0.25, 0.3) is 10.2 Å². The molecule has 1 aliphatic heterocycles. The van der Waals surface area contributed by atoms with Crippen LogP contribution in [0.3, 0.4) is 0 Å². The first kappa shape index (κ1) is 17.9. The summed E-state index contributed by atoms with van der Waals surface area (Å²) in [7, 11) is 1.66. The standard InChI is InChI=1S/C19H22FN5OS/c1-3-14-17(20)18(22-12-21-14)24-7-4-8-25(10-9-24)19-23-15-11-13(26-2)5-6-16(15)27-19/h5-6,11-12H,3-4,7-10H2,1-2H3. The number of aromatic nitrogens is 3. The van der Waals surface area contributed by atoms with Crippen LogP contribution in [0.4, 0.5) is 15.3 Å². The molecule has 0 aliphatic carbocycles. The number of hydrogen-bond donors (Lipinski definition) is 0. The molecule has 1 saturated heterocycles. The second-order valence-electron chi connectivity index (χ2n) is 6.47. The summed E-state index contributed by atoms with van der Waals surface area (Å²) in [5, 5.41) is 0.998. The molecule has 1 aromatic carbocycles. The van der Waals surface area contributed by atoms with Crippen LogP contribution < -0.4 is 14.5 Å². The second-order valence-corrected chi connectivity index (χ2v) is 7.48. The Hall–Kier alpha value is -2.48. The molecule has 6 nitrogen and oxygen atoms in total. The van der Waals surface area contributed by atoms with Gasteiger partial charge in [-0.25, -0.2) is 19.3 Å². The van der Waals surface area contributed by atoms with Gasteiger partial charge in [0.05, 0.1) is 23.0 Å². The van der Waals surface area contributed by atoms with Crippen molar-refractivity contribution in [2.75, 3.05) is 43.1 Å². The molecule has 0 bridgehead atoms. The summed E-state index contributed by atoms with van der Waals surface area (Å²) in [6.07, 6.45) is 2.95. The highest BCUT2D eigenvalue weighted by molar-refractivity contribution is 7.22. The van der Waals surface area contributed by atoms with Crippen molar-refractivity contribution < 1.29 is 9.13 Å². The van der Waals surface area contributed by atoms with Crippen LogP contribution in [0.1, 0.15) is 19.0 Å². The van der Waals surface area contributed by atoms with E-state index in [9.17, 15) is 4.39 Å². The molecule has 0 radical (unpaired) electrons. The molecule has 0 atom stereocenters. The third-order valence-corrected chi connectivity index (χ3v) is 5.92. The van der Waals surface area contributed by atoms with Crippen LogP contribution >= 0.6 is 11.3 Å². The van der Waals surface area contributed by atoms with Crippen molar-refractivity contribution in [2.45, 2.75) is 19.8 Å². The summed E-state index contributed by atoms with van der Waals surface area (Å²) in [6.45, 7) is 5.05. The minimum absolute atomic E-state index is 0.291. The van der Waals surface area contributed by atoms with Crippen molar-refractivity contribution in [3.8, 4) is 5.75 Å². The maximum atomic E-state index is 14.6. The SMILES string of the molecule is CCc1ncnc(N2CCCN(c3nc4cc(OC)ccc4s3)CC2)c1F. The highest BCUT2D eigenvalue weighted by Gasteiger charge is 2.22. The fourth-order valence-electron chi connectivity index (χ4n) is 3.34. The van der Waals surface area contributed by atoms with Crippen LogP contribution in [-0.2, 0) is 6.42 Å². The van der Waals surface area contributed by atoms with Gasteiger partial charge in [-0.15, -0.1) is 0 Å². The maximum Gasteiger partial charge on any atom is 0.187 e. The van der Waals surface area contributed by atoms with Crippen LogP contribution in [-0.4, -0.2) is 48.2 Å². The van der Waals surface area contributed by atoms with Gasteiger partial charge in [0.25, 0.3) is 0 Å². The third kappa shape index (κ3) is 3.53. The summed E-state index contributed by atoms with van der Waals surface area (Å²) in [5.41, 5.74) is 1.42. The Morgan fingerprint density at radius 3 is 2.78 bits per heavy atom. The topological polar surface area (TPSA) is 54.4 Å². The van der Waals surface area contributed by atoms with Gasteiger partial charge in [0.15, 0.2) is 16.8 Å². The first-order valence-electron chi connectivity index (χ1n) is 9.13.